The third-order valence-corrected chi connectivity index (χ3v) is 10.5. The Balaban J connectivity index is 1.19. The third-order valence-electron chi connectivity index (χ3n) is 10.5. The standard InChI is InChI=1S/C37H50N6O4/c1-36(2,3)47-35(44)42-22-28-10-7-11-29(23-42)43(28)33-30-12-15-41(21-27-8-5-4-6-9-27)24-32(30)31(20-38)34(39-33)46-26-37(13-14-37)25-40-16-18-45-19-17-40/h4-6,8-9,28-29H,7,10-19,21-26H2,1-3H3/t28-,29+. The second-order valence-electron chi connectivity index (χ2n) is 15.3. The molecule has 3 saturated heterocycles. The number of pyridine rings is 1. The Morgan fingerprint density at radius 3 is 2.43 bits per heavy atom. The molecule has 10 nitrogen and oxygen atoms in total. The van der Waals surface area contributed by atoms with Gasteiger partial charge >= 0.3 is 6.09 Å². The van der Waals surface area contributed by atoms with Gasteiger partial charge in [0.2, 0.25) is 5.88 Å². The zero-order chi connectivity index (χ0) is 32.6. The van der Waals surface area contributed by atoms with Gasteiger partial charge in [-0.25, -0.2) is 4.79 Å². The molecule has 1 saturated carbocycles. The number of anilines is 1. The molecule has 7 rings (SSSR count). The smallest absolute Gasteiger partial charge is 0.410 e. The number of likely N-dealkylation sites (tertiary alicyclic amines) is 1. The molecule has 0 spiro atoms. The first-order chi connectivity index (χ1) is 22.7. The van der Waals surface area contributed by atoms with E-state index in [1.165, 1.54) is 11.1 Å². The number of nitrogens with zero attached hydrogens (tertiary/aromatic N) is 6. The van der Waals surface area contributed by atoms with Crippen molar-refractivity contribution in [1.82, 2.24) is 19.7 Å². The highest BCUT2D eigenvalue weighted by Crippen LogP contribution is 2.47. The van der Waals surface area contributed by atoms with Gasteiger partial charge in [0.1, 0.15) is 23.1 Å². The van der Waals surface area contributed by atoms with Crippen LogP contribution in [-0.2, 0) is 29.0 Å². The summed E-state index contributed by atoms with van der Waals surface area (Å²) in [4.78, 5) is 27.8. The lowest BCUT2D eigenvalue weighted by atomic mass is 9.88. The number of aromatic nitrogens is 1. The Hall–Kier alpha value is -3.39. The SMILES string of the molecule is CC(C)(C)OC(=O)N1C[C@H]2CCC[C@@H](C1)N2c1nc(OCC2(CN3CCOCC3)CC2)c(C#N)c2c1CCN(Cc1ccccc1)C2. The van der Waals surface area contributed by atoms with Crippen molar-refractivity contribution in [2.45, 2.75) is 90.1 Å². The van der Waals surface area contributed by atoms with Crippen molar-refractivity contribution in [3.63, 3.8) is 0 Å². The summed E-state index contributed by atoms with van der Waals surface area (Å²) >= 11 is 0. The predicted octanol–water partition coefficient (Wildman–Crippen LogP) is 4.98. The van der Waals surface area contributed by atoms with Crippen LogP contribution in [-0.4, -0.2) is 103 Å². The third kappa shape index (κ3) is 7.23. The monoisotopic (exact) mass is 642 g/mol. The zero-order valence-electron chi connectivity index (χ0n) is 28.4. The number of piperidine rings is 1. The van der Waals surface area contributed by atoms with E-state index in [2.05, 4.69) is 51.1 Å². The van der Waals surface area contributed by atoms with E-state index in [9.17, 15) is 10.1 Å². The maximum absolute atomic E-state index is 13.2. The molecule has 0 N–H and O–H groups in total. The number of fused-ring (bicyclic) bond motifs is 3. The van der Waals surface area contributed by atoms with Crippen molar-refractivity contribution in [3.8, 4) is 11.9 Å². The topological polar surface area (TPSA) is 94.4 Å². The minimum atomic E-state index is -0.532. The van der Waals surface area contributed by atoms with Crippen LogP contribution in [0.2, 0.25) is 0 Å². The van der Waals surface area contributed by atoms with Crippen LogP contribution in [0.1, 0.15) is 75.1 Å². The van der Waals surface area contributed by atoms with Gasteiger partial charge in [-0.2, -0.15) is 10.2 Å². The van der Waals surface area contributed by atoms with Crippen molar-refractivity contribution in [2.24, 2.45) is 5.41 Å². The molecule has 47 heavy (non-hydrogen) atoms. The number of hydrogen-bond donors (Lipinski definition) is 0. The summed E-state index contributed by atoms with van der Waals surface area (Å²) in [6, 6.07) is 13.4. The van der Waals surface area contributed by atoms with Crippen molar-refractivity contribution >= 4 is 11.9 Å². The van der Waals surface area contributed by atoms with E-state index in [1.54, 1.807) is 0 Å². The van der Waals surface area contributed by atoms with E-state index in [-0.39, 0.29) is 23.6 Å². The van der Waals surface area contributed by atoms with Crippen molar-refractivity contribution in [3.05, 3.63) is 52.6 Å². The molecule has 252 valence electrons. The normalized spacial score (nSPS) is 24.3. The Morgan fingerprint density at radius 2 is 1.77 bits per heavy atom. The number of carbonyl (C=O) groups excluding carboxylic acids is 1. The van der Waals surface area contributed by atoms with Crippen LogP contribution in [0.25, 0.3) is 0 Å². The molecule has 0 radical (unpaired) electrons. The molecule has 2 aromatic rings. The predicted molar refractivity (Wildman–Crippen MR) is 179 cm³/mol. The molecule has 5 aliphatic rings. The van der Waals surface area contributed by atoms with Gasteiger partial charge in [-0.3, -0.25) is 9.80 Å². The van der Waals surface area contributed by atoms with Crippen LogP contribution < -0.4 is 9.64 Å². The van der Waals surface area contributed by atoms with Gasteiger partial charge in [0, 0.05) is 75.4 Å². The maximum Gasteiger partial charge on any atom is 0.410 e. The number of ether oxygens (including phenoxy) is 3. The fourth-order valence-corrected chi connectivity index (χ4v) is 7.96. The minimum Gasteiger partial charge on any atom is -0.476 e. The van der Waals surface area contributed by atoms with Crippen LogP contribution in [0.3, 0.4) is 0 Å². The first kappa shape index (κ1) is 32.2. The van der Waals surface area contributed by atoms with E-state index in [4.69, 9.17) is 19.2 Å². The Morgan fingerprint density at radius 1 is 1.04 bits per heavy atom. The average molecular weight is 643 g/mol. The summed E-state index contributed by atoms with van der Waals surface area (Å²) in [5, 5.41) is 10.6. The lowest BCUT2D eigenvalue weighted by Crippen LogP contribution is -2.63. The molecule has 1 amide bonds. The quantitative estimate of drug-likeness (QED) is 0.395. The highest BCUT2D eigenvalue weighted by Gasteiger charge is 2.46. The molecule has 2 atom stereocenters. The van der Waals surface area contributed by atoms with Gasteiger partial charge in [0.25, 0.3) is 0 Å². The van der Waals surface area contributed by atoms with E-state index < -0.39 is 5.60 Å². The number of nitriles is 1. The van der Waals surface area contributed by atoms with E-state index >= 15 is 0 Å². The number of benzene rings is 1. The first-order valence-electron chi connectivity index (χ1n) is 17.6. The molecule has 1 aliphatic carbocycles. The fourth-order valence-electron chi connectivity index (χ4n) is 7.96. The summed E-state index contributed by atoms with van der Waals surface area (Å²) in [7, 11) is 0. The molecule has 0 unspecified atom stereocenters. The average Bonchev–Trinajstić information content (AvgIpc) is 3.82. The largest absolute Gasteiger partial charge is 0.476 e. The first-order valence-corrected chi connectivity index (χ1v) is 17.6. The van der Waals surface area contributed by atoms with Gasteiger partial charge in [-0.15, -0.1) is 0 Å². The number of piperazine rings is 1. The molecular weight excluding hydrogens is 592 g/mol. The van der Waals surface area contributed by atoms with Gasteiger partial charge < -0.3 is 24.0 Å². The van der Waals surface area contributed by atoms with Crippen LogP contribution in [0.4, 0.5) is 10.6 Å². The highest BCUT2D eigenvalue weighted by atomic mass is 16.6. The number of hydrogen-bond acceptors (Lipinski definition) is 9. The molecule has 1 aromatic carbocycles. The van der Waals surface area contributed by atoms with Gasteiger partial charge in [-0.05, 0) is 70.4 Å². The molecule has 5 heterocycles. The van der Waals surface area contributed by atoms with Crippen molar-refractivity contribution in [2.75, 3.05) is 64.0 Å². The number of amides is 1. The van der Waals surface area contributed by atoms with Gasteiger partial charge in [0.05, 0.1) is 19.8 Å². The number of carbonyl (C=O) groups is 1. The number of morpholine rings is 1. The van der Waals surface area contributed by atoms with Crippen LogP contribution in [0, 0.1) is 16.7 Å². The summed E-state index contributed by atoms with van der Waals surface area (Å²) in [5.41, 5.74) is 3.66. The Kier molecular flexibility index (Phi) is 9.07. The summed E-state index contributed by atoms with van der Waals surface area (Å²) in [5.74, 6) is 1.44. The summed E-state index contributed by atoms with van der Waals surface area (Å²) in [6.45, 7) is 14.5. The van der Waals surface area contributed by atoms with Gasteiger partial charge in [0.15, 0.2) is 0 Å². The molecule has 2 bridgehead atoms. The van der Waals surface area contributed by atoms with Crippen molar-refractivity contribution in [1.29, 1.82) is 5.26 Å². The molecule has 10 heteroatoms. The van der Waals surface area contributed by atoms with Crippen LogP contribution in [0.5, 0.6) is 5.88 Å². The fraction of sp³-hybridized carbons (Fsp3) is 0.649. The van der Waals surface area contributed by atoms with Crippen molar-refractivity contribution < 1.29 is 19.0 Å². The maximum atomic E-state index is 13.2. The Labute approximate surface area is 279 Å². The summed E-state index contributed by atoms with van der Waals surface area (Å²) < 4.78 is 18.0. The molecular formula is C37H50N6O4. The number of rotatable bonds is 8. The van der Waals surface area contributed by atoms with Crippen LogP contribution >= 0.6 is 0 Å². The molecule has 1 aromatic heterocycles. The van der Waals surface area contributed by atoms with Gasteiger partial charge in [-0.1, -0.05) is 30.3 Å². The highest BCUT2D eigenvalue weighted by molar-refractivity contribution is 5.70. The lowest BCUT2D eigenvalue weighted by molar-refractivity contribution is 0.0154. The minimum absolute atomic E-state index is 0.108. The Bertz CT molecular complexity index is 1460. The molecule has 4 fully saturated rings. The lowest BCUT2D eigenvalue weighted by Gasteiger charge is -2.51. The van der Waals surface area contributed by atoms with E-state index in [0.717, 1.165) is 95.8 Å². The second-order valence-corrected chi connectivity index (χ2v) is 15.3. The summed E-state index contributed by atoms with van der Waals surface area (Å²) in [6.07, 6.45) is 5.96. The van der Waals surface area contributed by atoms with Crippen LogP contribution in [0.15, 0.2) is 30.3 Å². The zero-order valence-corrected chi connectivity index (χ0v) is 28.4. The molecule has 4 aliphatic heterocycles. The van der Waals surface area contributed by atoms with E-state index in [1.807, 2.05) is 25.7 Å². The van der Waals surface area contributed by atoms with E-state index in [0.29, 0.717) is 37.7 Å². The second kappa shape index (κ2) is 13.3.